The molecule has 0 aliphatic rings. The van der Waals surface area contributed by atoms with Gasteiger partial charge in [0, 0.05) is 18.6 Å². The van der Waals surface area contributed by atoms with Crippen LogP contribution in [0.1, 0.15) is 11.4 Å². The Balaban J connectivity index is 1.70. The van der Waals surface area contributed by atoms with E-state index in [0.29, 0.717) is 21.8 Å². The number of thioether (sulfide) groups is 1. The fraction of sp³-hybridized carbons (Fsp3) is 0.294. The molecule has 12 heteroatoms. The number of carbonyl (C=O) groups is 1. The molecule has 1 amide bonds. The average Bonchev–Trinajstić information content (AvgIpc) is 3.28. The largest absolute Gasteiger partial charge is 0.308 e. The van der Waals surface area contributed by atoms with Crippen molar-refractivity contribution in [1.82, 2.24) is 19.7 Å². The van der Waals surface area contributed by atoms with Gasteiger partial charge in [-0.05, 0) is 19.1 Å². The SMILES string of the molecule is Cc1ccc(N(Cc2nnc(SCC(=O)Nc3nccs3)n2C)S(C)(=O)=O)cc1. The lowest BCUT2D eigenvalue weighted by Gasteiger charge is -2.22. The van der Waals surface area contributed by atoms with E-state index in [0.717, 1.165) is 11.8 Å². The summed E-state index contributed by atoms with van der Waals surface area (Å²) in [6.45, 7) is 1.97. The summed E-state index contributed by atoms with van der Waals surface area (Å²) >= 11 is 2.56. The minimum absolute atomic E-state index is 0.0390. The van der Waals surface area contributed by atoms with Crippen molar-refractivity contribution in [3.05, 3.63) is 47.2 Å². The van der Waals surface area contributed by atoms with E-state index in [1.807, 2.05) is 19.1 Å². The van der Waals surface area contributed by atoms with E-state index in [2.05, 4.69) is 20.5 Å². The van der Waals surface area contributed by atoms with Gasteiger partial charge in [-0.2, -0.15) is 0 Å². The standard InChI is InChI=1S/C17H20N6O3S3/c1-12-4-6-13(7-5-12)23(29(3,25)26)10-14-20-21-17(22(14)2)28-11-15(24)19-16-18-8-9-27-16/h4-9H,10-11H2,1-3H3,(H,18,19,24). The number of hydrogen-bond acceptors (Lipinski definition) is 8. The Bertz CT molecular complexity index is 1080. The highest BCUT2D eigenvalue weighted by atomic mass is 32.2. The quantitative estimate of drug-likeness (QED) is 0.522. The summed E-state index contributed by atoms with van der Waals surface area (Å²) in [7, 11) is -1.77. The summed E-state index contributed by atoms with van der Waals surface area (Å²) < 4.78 is 27.6. The number of aryl methyl sites for hydroxylation is 1. The maximum absolute atomic E-state index is 12.3. The number of hydrogen-bond donors (Lipinski definition) is 1. The van der Waals surface area contributed by atoms with Crippen molar-refractivity contribution >= 4 is 49.8 Å². The van der Waals surface area contributed by atoms with Crippen molar-refractivity contribution in [2.75, 3.05) is 21.6 Å². The molecule has 0 fully saturated rings. The molecule has 1 aromatic carbocycles. The van der Waals surface area contributed by atoms with E-state index in [9.17, 15) is 13.2 Å². The summed E-state index contributed by atoms with van der Waals surface area (Å²) in [6, 6.07) is 7.22. The predicted molar refractivity (Wildman–Crippen MR) is 115 cm³/mol. The van der Waals surface area contributed by atoms with E-state index in [-0.39, 0.29) is 18.2 Å². The Hall–Kier alpha value is -2.44. The molecule has 0 unspecified atom stereocenters. The highest BCUT2D eigenvalue weighted by Gasteiger charge is 2.21. The van der Waals surface area contributed by atoms with Gasteiger partial charge in [-0.15, -0.1) is 21.5 Å². The van der Waals surface area contributed by atoms with Crippen molar-refractivity contribution in [1.29, 1.82) is 0 Å². The third-order valence-electron chi connectivity index (χ3n) is 3.94. The smallest absolute Gasteiger partial charge is 0.236 e. The van der Waals surface area contributed by atoms with Gasteiger partial charge in [0.2, 0.25) is 15.9 Å². The molecule has 3 rings (SSSR count). The van der Waals surface area contributed by atoms with Gasteiger partial charge >= 0.3 is 0 Å². The molecular formula is C17H20N6O3S3. The zero-order valence-electron chi connectivity index (χ0n) is 16.1. The summed E-state index contributed by atoms with van der Waals surface area (Å²) in [5.74, 6) is 0.407. The number of rotatable bonds is 8. The average molecular weight is 453 g/mol. The highest BCUT2D eigenvalue weighted by Crippen LogP contribution is 2.22. The minimum atomic E-state index is -3.52. The van der Waals surface area contributed by atoms with Crippen molar-refractivity contribution in [2.24, 2.45) is 7.05 Å². The van der Waals surface area contributed by atoms with Gasteiger partial charge in [-0.25, -0.2) is 13.4 Å². The zero-order chi connectivity index (χ0) is 21.0. The molecule has 0 aliphatic carbocycles. The minimum Gasteiger partial charge on any atom is -0.308 e. The zero-order valence-corrected chi connectivity index (χ0v) is 18.5. The van der Waals surface area contributed by atoms with E-state index in [1.165, 1.54) is 27.4 Å². The molecule has 9 nitrogen and oxygen atoms in total. The molecule has 0 saturated heterocycles. The van der Waals surface area contributed by atoms with E-state index in [4.69, 9.17) is 0 Å². The third-order valence-corrected chi connectivity index (χ3v) is 6.79. The number of carbonyl (C=O) groups excluding carboxylic acids is 1. The van der Waals surface area contributed by atoms with Gasteiger partial charge in [0.1, 0.15) is 0 Å². The molecule has 154 valence electrons. The molecular weight excluding hydrogens is 432 g/mol. The first-order valence-electron chi connectivity index (χ1n) is 8.49. The van der Waals surface area contributed by atoms with Crippen LogP contribution in [0.4, 0.5) is 10.8 Å². The lowest BCUT2D eigenvalue weighted by atomic mass is 10.2. The second-order valence-electron chi connectivity index (χ2n) is 6.24. The van der Waals surface area contributed by atoms with Crippen LogP contribution in [0.15, 0.2) is 41.0 Å². The summed E-state index contributed by atoms with van der Waals surface area (Å²) in [4.78, 5) is 16.0. The number of nitrogens with one attached hydrogen (secondary N) is 1. The molecule has 0 bridgehead atoms. The second kappa shape index (κ2) is 8.93. The van der Waals surface area contributed by atoms with Crippen LogP contribution in [-0.2, 0) is 28.4 Å². The molecule has 1 N–H and O–H groups in total. The summed E-state index contributed by atoms with van der Waals surface area (Å²) in [5.41, 5.74) is 1.59. The van der Waals surface area contributed by atoms with Crippen LogP contribution < -0.4 is 9.62 Å². The van der Waals surface area contributed by atoms with Crippen molar-refractivity contribution in [3.63, 3.8) is 0 Å². The molecule has 3 aromatic rings. The molecule has 0 atom stereocenters. The number of anilines is 2. The fourth-order valence-electron chi connectivity index (χ4n) is 2.42. The van der Waals surface area contributed by atoms with Gasteiger partial charge in [-0.3, -0.25) is 9.10 Å². The Morgan fingerprint density at radius 2 is 2.00 bits per heavy atom. The predicted octanol–water partition coefficient (Wildman–Crippen LogP) is 2.28. The van der Waals surface area contributed by atoms with Gasteiger partial charge in [0.05, 0.1) is 24.2 Å². The molecule has 0 spiro atoms. The van der Waals surface area contributed by atoms with Crippen LogP contribution in [0.3, 0.4) is 0 Å². The van der Waals surface area contributed by atoms with Crippen molar-refractivity contribution in [2.45, 2.75) is 18.6 Å². The van der Waals surface area contributed by atoms with Gasteiger partial charge < -0.3 is 9.88 Å². The Kier molecular flexibility index (Phi) is 6.55. The molecule has 2 heterocycles. The van der Waals surface area contributed by atoms with Crippen LogP contribution in [0.25, 0.3) is 0 Å². The number of aromatic nitrogens is 4. The summed E-state index contributed by atoms with van der Waals surface area (Å²) in [6.07, 6.45) is 2.77. The number of sulfonamides is 1. The topological polar surface area (TPSA) is 110 Å². The highest BCUT2D eigenvalue weighted by molar-refractivity contribution is 7.99. The third kappa shape index (κ3) is 5.55. The first kappa shape index (κ1) is 21.3. The molecule has 29 heavy (non-hydrogen) atoms. The van der Waals surface area contributed by atoms with Crippen LogP contribution in [0, 0.1) is 6.92 Å². The lowest BCUT2D eigenvalue weighted by molar-refractivity contribution is -0.113. The van der Waals surface area contributed by atoms with Crippen LogP contribution in [0.5, 0.6) is 0 Å². The van der Waals surface area contributed by atoms with Crippen LogP contribution >= 0.6 is 23.1 Å². The normalized spacial score (nSPS) is 11.4. The Labute approximate surface area is 177 Å². The monoisotopic (exact) mass is 452 g/mol. The second-order valence-corrected chi connectivity index (χ2v) is 9.98. The van der Waals surface area contributed by atoms with Gasteiger partial charge in [0.15, 0.2) is 16.1 Å². The number of nitrogens with zero attached hydrogens (tertiary/aromatic N) is 5. The molecule has 2 aromatic heterocycles. The van der Waals surface area contributed by atoms with E-state index < -0.39 is 10.0 Å². The summed E-state index contributed by atoms with van der Waals surface area (Å²) in [5, 5.41) is 13.7. The van der Waals surface area contributed by atoms with Crippen LogP contribution in [-0.4, -0.2) is 46.1 Å². The molecule has 0 radical (unpaired) electrons. The maximum Gasteiger partial charge on any atom is 0.236 e. The number of benzene rings is 1. The molecule has 0 saturated carbocycles. The van der Waals surface area contributed by atoms with E-state index >= 15 is 0 Å². The first-order chi connectivity index (χ1) is 13.7. The Morgan fingerprint density at radius 3 is 2.62 bits per heavy atom. The fourth-order valence-corrected chi connectivity index (χ4v) is 4.55. The lowest BCUT2D eigenvalue weighted by Crippen LogP contribution is -2.30. The van der Waals surface area contributed by atoms with Crippen molar-refractivity contribution in [3.8, 4) is 0 Å². The molecule has 0 aliphatic heterocycles. The van der Waals surface area contributed by atoms with Gasteiger partial charge in [-0.1, -0.05) is 29.5 Å². The van der Waals surface area contributed by atoms with E-state index in [1.54, 1.807) is 35.3 Å². The number of amides is 1. The maximum atomic E-state index is 12.3. The first-order valence-corrected chi connectivity index (χ1v) is 12.2. The van der Waals surface area contributed by atoms with Crippen molar-refractivity contribution < 1.29 is 13.2 Å². The van der Waals surface area contributed by atoms with Gasteiger partial charge in [0.25, 0.3) is 0 Å². The van der Waals surface area contributed by atoms with Crippen LogP contribution in [0.2, 0.25) is 0 Å². The Morgan fingerprint density at radius 1 is 1.28 bits per heavy atom. The number of thiazole rings is 1.